The number of rotatable bonds is 12. The molecule has 0 radical (unpaired) electrons. The molecular formula is C25H35ClN4O5S3. The standard InChI is InChI=1S/C25H34N4O5S3.ClH/c1-6-27(7-2)17-18-29(25-26-23-21(35-25)11-10-12-22(23)36(5,31)32)24(30)19-13-15-20(16-14-19)37(33,34)28(8-3)9-4;/h10-16H,6-9,17-18H2,1-5H3;1H. The molecule has 0 aliphatic heterocycles. The van der Waals surface area contributed by atoms with E-state index in [0.29, 0.717) is 47.1 Å². The maximum Gasteiger partial charge on any atom is 0.260 e. The number of nitrogens with zero attached hydrogens (tertiary/aromatic N) is 4. The van der Waals surface area contributed by atoms with Gasteiger partial charge in [-0.3, -0.25) is 9.69 Å². The van der Waals surface area contributed by atoms with E-state index in [0.717, 1.165) is 19.3 Å². The summed E-state index contributed by atoms with van der Waals surface area (Å²) in [5.74, 6) is -0.334. The number of benzene rings is 2. The monoisotopic (exact) mass is 602 g/mol. The average molecular weight is 603 g/mol. The van der Waals surface area contributed by atoms with Crippen molar-refractivity contribution in [1.82, 2.24) is 14.2 Å². The number of thiazole rings is 1. The number of carbonyl (C=O) groups is 1. The van der Waals surface area contributed by atoms with Crippen LogP contribution in [0.15, 0.2) is 52.3 Å². The molecule has 13 heteroatoms. The molecule has 0 fully saturated rings. The third-order valence-corrected chi connectivity index (χ3v) is 10.5. The number of aromatic nitrogens is 1. The number of hydrogen-bond donors (Lipinski definition) is 0. The molecule has 0 spiro atoms. The molecule has 1 heterocycles. The fourth-order valence-electron chi connectivity index (χ4n) is 4.03. The summed E-state index contributed by atoms with van der Waals surface area (Å²) in [6.45, 7) is 10.9. The van der Waals surface area contributed by atoms with E-state index in [1.165, 1.54) is 46.0 Å². The number of carbonyl (C=O) groups excluding carboxylic acids is 1. The zero-order valence-electron chi connectivity index (χ0n) is 22.2. The summed E-state index contributed by atoms with van der Waals surface area (Å²) in [4.78, 5) is 22.2. The number of hydrogen-bond acceptors (Lipinski definition) is 8. The van der Waals surface area contributed by atoms with Crippen molar-refractivity contribution in [3.63, 3.8) is 0 Å². The summed E-state index contributed by atoms with van der Waals surface area (Å²) in [6.07, 6.45) is 1.14. The van der Waals surface area contributed by atoms with Gasteiger partial charge in [0.15, 0.2) is 15.0 Å². The zero-order chi connectivity index (χ0) is 27.4. The second-order valence-corrected chi connectivity index (χ2v) is 13.4. The first-order valence-corrected chi connectivity index (χ1v) is 16.4. The van der Waals surface area contributed by atoms with Crippen molar-refractivity contribution in [3.8, 4) is 0 Å². The van der Waals surface area contributed by atoms with E-state index in [9.17, 15) is 21.6 Å². The lowest BCUT2D eigenvalue weighted by Crippen LogP contribution is -2.39. The van der Waals surface area contributed by atoms with E-state index in [1.807, 2.05) is 13.8 Å². The van der Waals surface area contributed by atoms with Crippen LogP contribution in [0.3, 0.4) is 0 Å². The number of amides is 1. The molecular weight excluding hydrogens is 568 g/mol. The highest BCUT2D eigenvalue weighted by atomic mass is 35.5. The van der Waals surface area contributed by atoms with Crippen LogP contribution < -0.4 is 4.90 Å². The lowest BCUT2D eigenvalue weighted by molar-refractivity contribution is 0.0983. The van der Waals surface area contributed by atoms with Crippen LogP contribution in [0.5, 0.6) is 0 Å². The number of halogens is 1. The Morgan fingerprint density at radius 1 is 0.868 bits per heavy atom. The lowest BCUT2D eigenvalue weighted by Gasteiger charge is -2.25. The van der Waals surface area contributed by atoms with Gasteiger partial charge in [0.25, 0.3) is 5.91 Å². The van der Waals surface area contributed by atoms with Crippen molar-refractivity contribution in [2.24, 2.45) is 0 Å². The third-order valence-electron chi connectivity index (χ3n) is 6.22. The number of anilines is 1. The van der Waals surface area contributed by atoms with Crippen LogP contribution in [0.4, 0.5) is 5.13 Å². The van der Waals surface area contributed by atoms with Crippen LogP contribution in [0.2, 0.25) is 0 Å². The number of sulfonamides is 1. The van der Waals surface area contributed by atoms with Gasteiger partial charge in [0, 0.05) is 38.0 Å². The Morgan fingerprint density at radius 3 is 2.00 bits per heavy atom. The molecule has 1 amide bonds. The minimum Gasteiger partial charge on any atom is -0.302 e. The fraction of sp³-hybridized carbons (Fsp3) is 0.440. The molecule has 3 aromatic rings. The first kappa shape index (κ1) is 32.1. The van der Waals surface area contributed by atoms with E-state index >= 15 is 0 Å². The fourth-order valence-corrected chi connectivity index (χ4v) is 7.40. The van der Waals surface area contributed by atoms with Crippen LogP contribution in [0, 0.1) is 0 Å². The number of sulfone groups is 1. The Kier molecular flexibility index (Phi) is 11.3. The highest BCUT2D eigenvalue weighted by Crippen LogP contribution is 2.33. The average Bonchev–Trinajstić information content (AvgIpc) is 3.30. The smallest absolute Gasteiger partial charge is 0.260 e. The molecule has 0 aliphatic rings. The van der Waals surface area contributed by atoms with E-state index in [-0.39, 0.29) is 28.1 Å². The molecule has 210 valence electrons. The van der Waals surface area contributed by atoms with Gasteiger partial charge in [-0.25, -0.2) is 21.8 Å². The molecule has 1 aromatic heterocycles. The quantitative estimate of drug-likeness (QED) is 0.306. The van der Waals surface area contributed by atoms with Crippen molar-refractivity contribution >= 4 is 64.9 Å². The maximum atomic E-state index is 13.7. The molecule has 9 nitrogen and oxygen atoms in total. The minimum absolute atomic E-state index is 0. The van der Waals surface area contributed by atoms with Gasteiger partial charge in [-0.15, -0.1) is 12.4 Å². The number of fused-ring (bicyclic) bond motifs is 1. The van der Waals surface area contributed by atoms with Gasteiger partial charge in [0.05, 0.1) is 14.5 Å². The zero-order valence-corrected chi connectivity index (χ0v) is 25.5. The van der Waals surface area contributed by atoms with Crippen LogP contribution in [0.25, 0.3) is 10.2 Å². The molecule has 0 bridgehead atoms. The van der Waals surface area contributed by atoms with E-state index in [2.05, 4.69) is 9.88 Å². The van der Waals surface area contributed by atoms with Crippen LogP contribution in [0.1, 0.15) is 38.1 Å². The lowest BCUT2D eigenvalue weighted by atomic mass is 10.2. The topological polar surface area (TPSA) is 108 Å². The van der Waals surface area contributed by atoms with E-state index in [4.69, 9.17) is 0 Å². The number of likely N-dealkylation sites (N-methyl/N-ethyl adjacent to an activating group) is 1. The Hall–Kier alpha value is -2.09. The first-order chi connectivity index (χ1) is 17.5. The summed E-state index contributed by atoms with van der Waals surface area (Å²) < 4.78 is 52.3. The van der Waals surface area contributed by atoms with Crippen LogP contribution in [-0.2, 0) is 19.9 Å². The predicted molar refractivity (Wildman–Crippen MR) is 156 cm³/mol. The summed E-state index contributed by atoms with van der Waals surface area (Å²) in [5.41, 5.74) is 0.659. The summed E-state index contributed by atoms with van der Waals surface area (Å²) in [7, 11) is -7.15. The maximum absolute atomic E-state index is 13.7. The van der Waals surface area contributed by atoms with Gasteiger partial charge in [0.2, 0.25) is 10.0 Å². The molecule has 0 atom stereocenters. The Balaban J connectivity index is 0.00000507. The second kappa shape index (κ2) is 13.3. The minimum atomic E-state index is -3.65. The molecule has 0 saturated carbocycles. The molecule has 0 saturated heterocycles. The molecule has 38 heavy (non-hydrogen) atoms. The van der Waals surface area contributed by atoms with Gasteiger partial charge in [0.1, 0.15) is 5.52 Å². The van der Waals surface area contributed by atoms with E-state index < -0.39 is 19.9 Å². The highest BCUT2D eigenvalue weighted by Gasteiger charge is 2.26. The van der Waals surface area contributed by atoms with Gasteiger partial charge >= 0.3 is 0 Å². The van der Waals surface area contributed by atoms with E-state index in [1.54, 1.807) is 30.9 Å². The summed E-state index contributed by atoms with van der Waals surface area (Å²) in [5, 5.41) is 0.392. The predicted octanol–water partition coefficient (Wildman–Crippen LogP) is 4.14. The largest absolute Gasteiger partial charge is 0.302 e. The van der Waals surface area contributed by atoms with Gasteiger partial charge < -0.3 is 4.90 Å². The normalized spacial score (nSPS) is 12.2. The summed E-state index contributed by atoms with van der Waals surface area (Å²) in [6, 6.07) is 10.9. The molecule has 2 aromatic carbocycles. The third kappa shape index (κ3) is 6.91. The van der Waals surface area contributed by atoms with Crippen LogP contribution >= 0.6 is 23.7 Å². The molecule has 0 unspecified atom stereocenters. The molecule has 0 N–H and O–H groups in total. The number of para-hydroxylation sites is 1. The van der Waals surface area contributed by atoms with Gasteiger partial charge in [-0.05, 0) is 49.5 Å². The van der Waals surface area contributed by atoms with Crippen molar-refractivity contribution < 1.29 is 21.6 Å². The summed E-state index contributed by atoms with van der Waals surface area (Å²) >= 11 is 1.25. The highest BCUT2D eigenvalue weighted by molar-refractivity contribution is 7.91. The van der Waals surface area contributed by atoms with Gasteiger partial charge in [-0.2, -0.15) is 4.31 Å². The van der Waals surface area contributed by atoms with Crippen molar-refractivity contribution in [3.05, 3.63) is 48.0 Å². The van der Waals surface area contributed by atoms with Gasteiger partial charge in [-0.1, -0.05) is 45.1 Å². The van der Waals surface area contributed by atoms with Crippen molar-refractivity contribution in [2.75, 3.05) is 50.4 Å². The molecule has 3 rings (SSSR count). The molecule has 0 aliphatic carbocycles. The Labute approximate surface area is 235 Å². The van der Waals surface area contributed by atoms with Crippen molar-refractivity contribution in [1.29, 1.82) is 0 Å². The first-order valence-electron chi connectivity index (χ1n) is 12.2. The Bertz CT molecular complexity index is 1450. The SMILES string of the molecule is CCN(CC)CCN(C(=O)c1ccc(S(=O)(=O)N(CC)CC)cc1)c1nc2c(S(C)(=O)=O)cccc2s1.Cl. The van der Waals surface area contributed by atoms with Crippen LogP contribution in [-0.4, -0.2) is 82.5 Å². The Morgan fingerprint density at radius 2 is 1.47 bits per heavy atom. The second-order valence-electron chi connectivity index (χ2n) is 8.47. The van der Waals surface area contributed by atoms with Crippen molar-refractivity contribution in [2.45, 2.75) is 37.5 Å².